The molecule has 0 bridgehead atoms. The summed E-state index contributed by atoms with van der Waals surface area (Å²) in [6.45, 7) is 2.87. The average molecular weight is 293 g/mol. The molecule has 3 nitrogen and oxygen atoms in total. The molecule has 1 amide bonds. The van der Waals surface area contributed by atoms with Crippen LogP contribution in [-0.4, -0.2) is 34.3 Å². The molecule has 0 spiro atoms. The van der Waals surface area contributed by atoms with Crippen molar-refractivity contribution in [2.75, 3.05) is 12.3 Å². The maximum absolute atomic E-state index is 12.4. The van der Waals surface area contributed by atoms with Gasteiger partial charge in [-0.05, 0) is 44.0 Å². The van der Waals surface area contributed by atoms with Gasteiger partial charge in [-0.2, -0.15) is 0 Å². The minimum Gasteiger partial charge on any atom is -0.508 e. The van der Waals surface area contributed by atoms with Crippen LogP contribution in [0.5, 0.6) is 5.75 Å². The molecule has 0 atom stereocenters. The van der Waals surface area contributed by atoms with Crippen LogP contribution in [0.15, 0.2) is 29.2 Å². The highest BCUT2D eigenvalue weighted by molar-refractivity contribution is 8.00. The Hall–Kier alpha value is -1.16. The first-order chi connectivity index (χ1) is 9.70. The smallest absolute Gasteiger partial charge is 0.233 e. The lowest BCUT2D eigenvalue weighted by Crippen LogP contribution is -2.42. The van der Waals surface area contributed by atoms with Gasteiger partial charge in [0.05, 0.1) is 5.75 Å². The number of carbonyl (C=O) groups is 1. The Kier molecular flexibility index (Phi) is 5.77. The normalized spacial score (nSPS) is 16.1. The first-order valence-corrected chi connectivity index (χ1v) is 8.40. The third-order valence-corrected chi connectivity index (χ3v) is 4.87. The second-order valence-electron chi connectivity index (χ2n) is 5.25. The lowest BCUT2D eigenvalue weighted by Gasteiger charge is -2.33. The van der Waals surface area contributed by atoms with E-state index in [4.69, 9.17) is 0 Å². The topological polar surface area (TPSA) is 40.5 Å². The van der Waals surface area contributed by atoms with E-state index in [1.165, 1.54) is 19.3 Å². The Bertz CT molecular complexity index is 427. The largest absolute Gasteiger partial charge is 0.508 e. The van der Waals surface area contributed by atoms with Gasteiger partial charge >= 0.3 is 0 Å². The minimum atomic E-state index is 0.234. The van der Waals surface area contributed by atoms with Crippen molar-refractivity contribution >= 4 is 17.7 Å². The van der Waals surface area contributed by atoms with Crippen LogP contribution in [0.25, 0.3) is 0 Å². The fourth-order valence-electron chi connectivity index (χ4n) is 2.80. The minimum absolute atomic E-state index is 0.234. The Morgan fingerprint density at radius 2 is 1.90 bits per heavy atom. The highest BCUT2D eigenvalue weighted by Crippen LogP contribution is 2.25. The van der Waals surface area contributed by atoms with Gasteiger partial charge < -0.3 is 10.0 Å². The molecule has 1 saturated carbocycles. The van der Waals surface area contributed by atoms with Crippen LogP contribution in [-0.2, 0) is 4.79 Å². The number of thioether (sulfide) groups is 1. The Morgan fingerprint density at radius 3 is 2.50 bits per heavy atom. The van der Waals surface area contributed by atoms with E-state index >= 15 is 0 Å². The monoisotopic (exact) mass is 293 g/mol. The van der Waals surface area contributed by atoms with E-state index in [-0.39, 0.29) is 11.7 Å². The van der Waals surface area contributed by atoms with Crippen LogP contribution in [0, 0.1) is 0 Å². The van der Waals surface area contributed by atoms with Crippen molar-refractivity contribution in [2.45, 2.75) is 50.0 Å². The first-order valence-electron chi connectivity index (χ1n) is 7.42. The summed E-state index contributed by atoms with van der Waals surface area (Å²) in [5, 5.41) is 9.25. The van der Waals surface area contributed by atoms with E-state index in [0.717, 1.165) is 24.3 Å². The average Bonchev–Trinajstić information content (AvgIpc) is 2.48. The number of phenols is 1. The molecule has 2 rings (SSSR count). The third-order valence-electron chi connectivity index (χ3n) is 3.88. The van der Waals surface area contributed by atoms with Gasteiger partial charge in [-0.1, -0.05) is 19.3 Å². The number of amides is 1. The number of hydrogen-bond donors (Lipinski definition) is 1. The fraction of sp³-hybridized carbons (Fsp3) is 0.562. The third kappa shape index (κ3) is 4.17. The van der Waals surface area contributed by atoms with Crippen LogP contribution in [0.2, 0.25) is 0 Å². The molecule has 0 aliphatic heterocycles. The summed E-state index contributed by atoms with van der Waals surface area (Å²) in [7, 11) is 0. The maximum atomic E-state index is 12.4. The van der Waals surface area contributed by atoms with Crippen LogP contribution >= 0.6 is 11.8 Å². The standard InChI is InChI=1S/C16H23NO2S/c1-2-17(13-6-4-3-5-7-13)16(19)12-20-15-10-8-14(18)9-11-15/h8-11,13,18H,2-7,12H2,1H3. The zero-order valence-electron chi connectivity index (χ0n) is 12.0. The Morgan fingerprint density at radius 1 is 1.25 bits per heavy atom. The Balaban J connectivity index is 1.87. The van der Waals surface area contributed by atoms with E-state index in [1.807, 2.05) is 17.0 Å². The summed E-state index contributed by atoms with van der Waals surface area (Å²) in [5.74, 6) is 0.977. The molecule has 1 aliphatic carbocycles. The van der Waals surface area contributed by atoms with Crippen LogP contribution in [0.3, 0.4) is 0 Å². The molecular formula is C16H23NO2S. The molecule has 1 aromatic rings. The summed E-state index contributed by atoms with van der Waals surface area (Å²) in [6, 6.07) is 7.47. The van der Waals surface area contributed by atoms with Crippen molar-refractivity contribution in [2.24, 2.45) is 0 Å². The van der Waals surface area contributed by atoms with Crippen molar-refractivity contribution in [1.82, 2.24) is 4.90 Å². The molecule has 0 radical (unpaired) electrons. The number of phenolic OH excluding ortho intramolecular Hbond substituents is 1. The molecule has 0 heterocycles. The first kappa shape index (κ1) is 15.2. The van der Waals surface area contributed by atoms with Crippen LogP contribution in [0.1, 0.15) is 39.0 Å². The van der Waals surface area contributed by atoms with E-state index in [9.17, 15) is 9.90 Å². The van der Waals surface area contributed by atoms with E-state index in [2.05, 4.69) is 6.92 Å². The molecule has 1 fully saturated rings. The van der Waals surface area contributed by atoms with Crippen molar-refractivity contribution < 1.29 is 9.90 Å². The molecular weight excluding hydrogens is 270 g/mol. The summed E-state index contributed by atoms with van der Waals surface area (Å²) < 4.78 is 0. The van der Waals surface area contributed by atoms with Gasteiger partial charge in [0, 0.05) is 17.5 Å². The molecule has 1 aliphatic rings. The second-order valence-corrected chi connectivity index (χ2v) is 6.30. The molecule has 1 aromatic carbocycles. The number of rotatable bonds is 5. The number of hydrogen-bond acceptors (Lipinski definition) is 3. The molecule has 1 N–H and O–H groups in total. The molecule has 0 aromatic heterocycles. The van der Waals surface area contributed by atoms with Crippen molar-refractivity contribution in [3.63, 3.8) is 0 Å². The van der Waals surface area contributed by atoms with Gasteiger partial charge in [-0.15, -0.1) is 11.8 Å². The molecule has 110 valence electrons. The zero-order chi connectivity index (χ0) is 14.4. The Labute approximate surface area is 125 Å². The second kappa shape index (κ2) is 7.58. The summed E-state index contributed by atoms with van der Waals surface area (Å²) >= 11 is 1.54. The van der Waals surface area contributed by atoms with Gasteiger partial charge in [0.1, 0.15) is 5.75 Å². The number of benzene rings is 1. The van der Waals surface area contributed by atoms with E-state index in [0.29, 0.717) is 11.8 Å². The SMILES string of the molecule is CCN(C(=O)CSc1ccc(O)cc1)C1CCCCC1. The fourth-order valence-corrected chi connectivity index (χ4v) is 3.59. The van der Waals surface area contributed by atoms with Gasteiger partial charge in [0.25, 0.3) is 0 Å². The van der Waals surface area contributed by atoms with Crippen molar-refractivity contribution in [3.8, 4) is 5.75 Å². The zero-order valence-corrected chi connectivity index (χ0v) is 12.9. The number of aromatic hydroxyl groups is 1. The summed E-state index contributed by atoms with van der Waals surface area (Å²) in [6.07, 6.45) is 6.12. The van der Waals surface area contributed by atoms with Crippen molar-refractivity contribution in [1.29, 1.82) is 0 Å². The predicted octanol–water partition coefficient (Wildman–Crippen LogP) is 3.67. The van der Waals surface area contributed by atoms with Gasteiger partial charge in [-0.3, -0.25) is 4.79 Å². The van der Waals surface area contributed by atoms with Crippen molar-refractivity contribution in [3.05, 3.63) is 24.3 Å². The highest BCUT2D eigenvalue weighted by atomic mass is 32.2. The predicted molar refractivity (Wildman–Crippen MR) is 83.1 cm³/mol. The molecule has 0 saturated heterocycles. The van der Waals surface area contributed by atoms with E-state index < -0.39 is 0 Å². The van der Waals surface area contributed by atoms with Gasteiger partial charge in [0.2, 0.25) is 5.91 Å². The molecule has 4 heteroatoms. The lowest BCUT2D eigenvalue weighted by atomic mass is 9.94. The quantitative estimate of drug-likeness (QED) is 0.842. The summed E-state index contributed by atoms with van der Waals surface area (Å²) in [5.41, 5.74) is 0. The molecule has 20 heavy (non-hydrogen) atoms. The number of nitrogens with zero attached hydrogens (tertiary/aromatic N) is 1. The van der Waals surface area contributed by atoms with Gasteiger partial charge in [-0.25, -0.2) is 0 Å². The van der Waals surface area contributed by atoms with Gasteiger partial charge in [0.15, 0.2) is 0 Å². The van der Waals surface area contributed by atoms with Crippen LogP contribution < -0.4 is 0 Å². The number of carbonyl (C=O) groups excluding carboxylic acids is 1. The summed E-state index contributed by atoms with van der Waals surface area (Å²) in [4.78, 5) is 15.4. The van der Waals surface area contributed by atoms with Crippen LogP contribution in [0.4, 0.5) is 0 Å². The lowest BCUT2D eigenvalue weighted by molar-refractivity contribution is -0.131. The maximum Gasteiger partial charge on any atom is 0.233 e. The highest BCUT2D eigenvalue weighted by Gasteiger charge is 2.23. The van der Waals surface area contributed by atoms with E-state index in [1.54, 1.807) is 23.9 Å². The molecule has 0 unspecified atom stereocenters.